The molecule has 0 bridgehead atoms. The molecular formula is C24H29N5O4. The predicted molar refractivity (Wildman–Crippen MR) is 125 cm³/mol. The third-order valence-corrected chi connectivity index (χ3v) is 5.88. The second kappa shape index (κ2) is 9.40. The highest BCUT2D eigenvalue weighted by atomic mass is 16.6. The number of carbonyl (C=O) groups excluding carboxylic acids is 2. The molecule has 3 aromatic rings. The van der Waals surface area contributed by atoms with E-state index < -0.39 is 0 Å². The number of piperazine rings is 1. The van der Waals surface area contributed by atoms with E-state index >= 15 is 0 Å². The fraction of sp³-hybridized carbons (Fsp3) is 0.375. The third kappa shape index (κ3) is 4.72. The van der Waals surface area contributed by atoms with Crippen LogP contribution in [0.3, 0.4) is 0 Å². The first-order valence-electron chi connectivity index (χ1n) is 11.0. The molecule has 0 aliphatic carbocycles. The molecule has 9 nitrogen and oxygen atoms in total. The van der Waals surface area contributed by atoms with Gasteiger partial charge in [0, 0.05) is 37.6 Å². The maximum atomic E-state index is 13.0. The number of anilines is 1. The Bertz CT molecular complexity index is 1130. The van der Waals surface area contributed by atoms with Crippen LogP contribution in [0.25, 0.3) is 10.9 Å². The van der Waals surface area contributed by atoms with Crippen molar-refractivity contribution >= 4 is 28.7 Å². The molecule has 2 atom stereocenters. The molecule has 1 aliphatic heterocycles. The first-order chi connectivity index (χ1) is 15.8. The van der Waals surface area contributed by atoms with Gasteiger partial charge in [-0.3, -0.25) is 9.48 Å². The molecule has 0 radical (unpaired) electrons. The Labute approximate surface area is 192 Å². The highest BCUT2D eigenvalue weighted by molar-refractivity contribution is 5.93. The molecule has 2 N–H and O–H groups in total. The summed E-state index contributed by atoms with van der Waals surface area (Å²) in [5, 5.41) is 5.01. The highest BCUT2D eigenvalue weighted by Gasteiger charge is 2.35. The molecule has 4 rings (SSSR count). The maximum absolute atomic E-state index is 13.0. The minimum absolute atomic E-state index is 0.114. The van der Waals surface area contributed by atoms with Crippen LogP contribution in [0.1, 0.15) is 19.4 Å². The zero-order chi connectivity index (χ0) is 23.5. The molecule has 1 aromatic heterocycles. The second-order valence-electron chi connectivity index (χ2n) is 8.39. The highest BCUT2D eigenvalue weighted by Crippen LogP contribution is 2.29. The van der Waals surface area contributed by atoms with Crippen LogP contribution in [0.2, 0.25) is 0 Å². The number of hydrogen-bond donors (Lipinski definition) is 1. The van der Waals surface area contributed by atoms with E-state index in [0.717, 1.165) is 16.5 Å². The van der Waals surface area contributed by atoms with Gasteiger partial charge in [-0.1, -0.05) is 36.4 Å². The fourth-order valence-electron chi connectivity index (χ4n) is 4.43. The predicted octanol–water partition coefficient (Wildman–Crippen LogP) is 2.79. The molecule has 1 fully saturated rings. The number of aromatic nitrogens is 2. The van der Waals surface area contributed by atoms with Gasteiger partial charge in [0.2, 0.25) is 0 Å². The van der Waals surface area contributed by atoms with Crippen LogP contribution in [0, 0.1) is 0 Å². The number of carbonyl (C=O) groups is 2. The average Bonchev–Trinajstić information content (AvgIpc) is 3.10. The first kappa shape index (κ1) is 22.4. The molecule has 0 unspecified atom stereocenters. The van der Waals surface area contributed by atoms with Crippen molar-refractivity contribution in [2.75, 3.05) is 25.4 Å². The molecule has 0 saturated carbocycles. The summed E-state index contributed by atoms with van der Waals surface area (Å²) >= 11 is 0. The molecule has 2 amide bonds. The molecule has 33 heavy (non-hydrogen) atoms. The summed E-state index contributed by atoms with van der Waals surface area (Å²) in [6, 6.07) is 14.7. The van der Waals surface area contributed by atoms with Gasteiger partial charge in [0.15, 0.2) is 12.4 Å². The van der Waals surface area contributed by atoms with Crippen LogP contribution in [-0.4, -0.2) is 63.4 Å². The van der Waals surface area contributed by atoms with Gasteiger partial charge < -0.3 is 25.0 Å². The first-order valence-corrected chi connectivity index (χ1v) is 11.0. The van der Waals surface area contributed by atoms with Crippen LogP contribution >= 0.6 is 0 Å². The van der Waals surface area contributed by atoms with Crippen LogP contribution in [-0.2, 0) is 23.2 Å². The van der Waals surface area contributed by atoms with Gasteiger partial charge in [-0.2, -0.15) is 5.10 Å². The molecule has 174 valence electrons. The molecule has 0 spiro atoms. The summed E-state index contributed by atoms with van der Waals surface area (Å²) in [5.41, 5.74) is 7.62. The number of benzene rings is 2. The maximum Gasteiger partial charge on any atom is 0.410 e. The average molecular weight is 452 g/mol. The zero-order valence-electron chi connectivity index (χ0n) is 19.1. The van der Waals surface area contributed by atoms with Crippen molar-refractivity contribution in [3.05, 3.63) is 54.1 Å². The van der Waals surface area contributed by atoms with Crippen molar-refractivity contribution in [3.63, 3.8) is 0 Å². The van der Waals surface area contributed by atoms with Crippen molar-refractivity contribution in [1.82, 2.24) is 19.6 Å². The van der Waals surface area contributed by atoms with E-state index in [1.165, 1.54) is 0 Å². The number of nitrogens with zero attached hydrogens (tertiary/aromatic N) is 4. The largest absolute Gasteiger partial charge is 0.481 e. The quantitative estimate of drug-likeness (QED) is 0.640. The summed E-state index contributed by atoms with van der Waals surface area (Å²) in [5.74, 6) is 0.831. The number of hydrogen-bond acceptors (Lipinski definition) is 6. The Morgan fingerprint density at radius 1 is 1.06 bits per heavy atom. The molecule has 2 aromatic carbocycles. The second-order valence-corrected chi connectivity index (χ2v) is 8.39. The summed E-state index contributed by atoms with van der Waals surface area (Å²) in [4.78, 5) is 29.0. The standard InChI is InChI=1S/C24H29N5O4/c1-16-12-28(24(31)33-14-18-8-5-4-6-9-18)13-17(2)29(16)21(30)15-32-20-11-7-10-19-22(20)27(3)26-23(19)25/h4-11,16-17H,12-15H2,1-3H3,(H2,25,26)/t16-,17+. The van der Waals surface area contributed by atoms with E-state index in [0.29, 0.717) is 24.7 Å². The van der Waals surface area contributed by atoms with Crippen LogP contribution in [0.4, 0.5) is 10.6 Å². The van der Waals surface area contributed by atoms with Gasteiger partial charge >= 0.3 is 6.09 Å². The van der Waals surface area contributed by atoms with E-state index in [9.17, 15) is 9.59 Å². The Morgan fingerprint density at radius 2 is 1.76 bits per heavy atom. The monoisotopic (exact) mass is 451 g/mol. The number of rotatable bonds is 5. The van der Waals surface area contributed by atoms with Crippen molar-refractivity contribution in [3.8, 4) is 5.75 Å². The number of fused-ring (bicyclic) bond motifs is 1. The molecular weight excluding hydrogens is 422 g/mol. The van der Waals surface area contributed by atoms with E-state index in [-0.39, 0.29) is 37.3 Å². The summed E-state index contributed by atoms with van der Waals surface area (Å²) in [6.45, 7) is 4.76. The number of ether oxygens (including phenoxy) is 2. The lowest BCUT2D eigenvalue weighted by molar-refractivity contribution is -0.140. The Hall–Kier alpha value is -3.75. The Balaban J connectivity index is 1.35. The van der Waals surface area contributed by atoms with E-state index in [1.54, 1.807) is 27.6 Å². The smallest absolute Gasteiger partial charge is 0.410 e. The van der Waals surface area contributed by atoms with Crippen LogP contribution in [0.15, 0.2) is 48.5 Å². The summed E-state index contributed by atoms with van der Waals surface area (Å²) in [6.07, 6.45) is -0.374. The van der Waals surface area contributed by atoms with Gasteiger partial charge in [-0.05, 0) is 31.5 Å². The van der Waals surface area contributed by atoms with E-state index in [4.69, 9.17) is 15.2 Å². The topological polar surface area (TPSA) is 103 Å². The third-order valence-electron chi connectivity index (χ3n) is 5.88. The van der Waals surface area contributed by atoms with Gasteiger partial charge in [-0.15, -0.1) is 0 Å². The number of nitrogens with two attached hydrogens (primary N) is 1. The minimum Gasteiger partial charge on any atom is -0.481 e. The molecule has 9 heteroatoms. The number of para-hydroxylation sites is 1. The van der Waals surface area contributed by atoms with Gasteiger partial charge in [0.25, 0.3) is 5.91 Å². The minimum atomic E-state index is -0.374. The Morgan fingerprint density at radius 3 is 2.45 bits per heavy atom. The lowest BCUT2D eigenvalue weighted by Gasteiger charge is -2.43. The summed E-state index contributed by atoms with van der Waals surface area (Å²) in [7, 11) is 1.79. The molecule has 1 aliphatic rings. The van der Waals surface area contributed by atoms with Crippen molar-refractivity contribution < 1.29 is 19.1 Å². The normalized spacial score (nSPS) is 18.4. The number of amides is 2. The lowest BCUT2D eigenvalue weighted by atomic mass is 10.1. The fourth-order valence-corrected chi connectivity index (χ4v) is 4.43. The van der Waals surface area contributed by atoms with Gasteiger partial charge in [0.1, 0.15) is 17.9 Å². The number of nitrogen functional groups attached to an aromatic ring is 1. The Kier molecular flexibility index (Phi) is 6.39. The van der Waals surface area contributed by atoms with Gasteiger partial charge in [0.05, 0.1) is 0 Å². The van der Waals surface area contributed by atoms with Crippen molar-refractivity contribution in [2.24, 2.45) is 7.05 Å². The van der Waals surface area contributed by atoms with Crippen molar-refractivity contribution in [1.29, 1.82) is 0 Å². The number of aryl methyl sites for hydroxylation is 1. The zero-order valence-corrected chi connectivity index (χ0v) is 19.1. The van der Waals surface area contributed by atoms with E-state index in [1.807, 2.05) is 56.3 Å². The van der Waals surface area contributed by atoms with E-state index in [2.05, 4.69) is 5.10 Å². The summed E-state index contributed by atoms with van der Waals surface area (Å²) < 4.78 is 13.0. The van der Waals surface area contributed by atoms with Crippen LogP contribution in [0.5, 0.6) is 5.75 Å². The SMILES string of the molecule is C[C@@H]1CN(C(=O)OCc2ccccc2)C[C@H](C)N1C(=O)COc1cccc2c(N)nn(C)c12. The van der Waals surface area contributed by atoms with Crippen molar-refractivity contribution in [2.45, 2.75) is 32.5 Å². The molecule has 1 saturated heterocycles. The molecule has 2 heterocycles. The van der Waals surface area contributed by atoms with Crippen LogP contribution < -0.4 is 10.5 Å². The van der Waals surface area contributed by atoms with Gasteiger partial charge in [-0.25, -0.2) is 4.79 Å². The lowest BCUT2D eigenvalue weighted by Crippen LogP contribution is -2.60.